The summed E-state index contributed by atoms with van der Waals surface area (Å²) in [5, 5.41) is 3.21. The summed E-state index contributed by atoms with van der Waals surface area (Å²) in [5.74, 6) is -0.115. The maximum atomic E-state index is 13.2. The first-order valence-corrected chi connectivity index (χ1v) is 10.9. The van der Waals surface area contributed by atoms with Crippen molar-refractivity contribution in [2.45, 2.75) is 44.9 Å². The molecule has 0 saturated carbocycles. The molecule has 0 aromatic heterocycles. The lowest BCUT2D eigenvalue weighted by Crippen LogP contribution is -2.50. The Labute approximate surface area is 157 Å². The third-order valence-corrected chi connectivity index (χ3v) is 6.75. The molecular formula is C19H31N3O3S. The van der Waals surface area contributed by atoms with Gasteiger partial charge in [0.1, 0.15) is 0 Å². The molecule has 146 valence electrons. The van der Waals surface area contributed by atoms with Gasteiger partial charge in [-0.3, -0.25) is 4.79 Å². The van der Waals surface area contributed by atoms with Gasteiger partial charge in [0, 0.05) is 32.7 Å². The molecule has 1 aromatic rings. The van der Waals surface area contributed by atoms with Crippen molar-refractivity contribution in [3.05, 3.63) is 29.3 Å². The van der Waals surface area contributed by atoms with E-state index >= 15 is 0 Å². The number of piperazine rings is 1. The van der Waals surface area contributed by atoms with Crippen LogP contribution in [0, 0.1) is 13.8 Å². The van der Waals surface area contributed by atoms with Gasteiger partial charge in [-0.05, 0) is 31.9 Å². The first-order valence-electron chi connectivity index (χ1n) is 9.42. The summed E-state index contributed by atoms with van der Waals surface area (Å²) >= 11 is 0. The minimum absolute atomic E-state index is 0.0840. The van der Waals surface area contributed by atoms with E-state index in [4.69, 9.17) is 0 Å². The van der Waals surface area contributed by atoms with Gasteiger partial charge in [0.15, 0.2) is 0 Å². The van der Waals surface area contributed by atoms with Crippen LogP contribution >= 0.6 is 0 Å². The van der Waals surface area contributed by atoms with Crippen LogP contribution in [0.25, 0.3) is 0 Å². The Kier molecular flexibility index (Phi) is 7.61. The van der Waals surface area contributed by atoms with Gasteiger partial charge in [0.2, 0.25) is 15.9 Å². The summed E-state index contributed by atoms with van der Waals surface area (Å²) in [6.07, 6.45) is 2.71. The lowest BCUT2D eigenvalue weighted by molar-refractivity contribution is -0.131. The smallest absolute Gasteiger partial charge is 0.243 e. The van der Waals surface area contributed by atoms with Gasteiger partial charge in [0.05, 0.1) is 11.4 Å². The van der Waals surface area contributed by atoms with Crippen LogP contribution in [0.1, 0.15) is 37.3 Å². The van der Waals surface area contributed by atoms with E-state index in [1.807, 2.05) is 26.0 Å². The predicted molar refractivity (Wildman–Crippen MR) is 104 cm³/mol. The second kappa shape index (κ2) is 9.48. The minimum Gasteiger partial charge on any atom is -0.339 e. The number of aryl methyl sites for hydroxylation is 2. The number of hydrogen-bond donors (Lipinski definition) is 1. The Hall–Kier alpha value is -1.44. The number of carbonyl (C=O) groups is 1. The van der Waals surface area contributed by atoms with Gasteiger partial charge >= 0.3 is 0 Å². The molecule has 0 radical (unpaired) electrons. The van der Waals surface area contributed by atoms with Crippen LogP contribution < -0.4 is 5.32 Å². The molecule has 0 bridgehead atoms. The van der Waals surface area contributed by atoms with Crippen LogP contribution in [0.2, 0.25) is 0 Å². The number of nitrogens with zero attached hydrogens (tertiary/aromatic N) is 2. The molecule has 26 heavy (non-hydrogen) atoms. The monoisotopic (exact) mass is 381 g/mol. The number of nitrogens with one attached hydrogen (secondary N) is 1. The van der Waals surface area contributed by atoms with E-state index in [9.17, 15) is 13.2 Å². The fourth-order valence-electron chi connectivity index (χ4n) is 3.22. The van der Waals surface area contributed by atoms with Crippen molar-refractivity contribution in [1.29, 1.82) is 0 Å². The highest BCUT2D eigenvalue weighted by molar-refractivity contribution is 7.89. The van der Waals surface area contributed by atoms with Crippen LogP contribution in [-0.2, 0) is 14.8 Å². The minimum atomic E-state index is -3.69. The Morgan fingerprint density at radius 3 is 2.50 bits per heavy atom. The number of sulfonamides is 1. The summed E-state index contributed by atoms with van der Waals surface area (Å²) in [4.78, 5) is 14.7. The highest BCUT2D eigenvalue weighted by atomic mass is 32.2. The van der Waals surface area contributed by atoms with Crippen molar-refractivity contribution >= 4 is 15.9 Å². The molecule has 0 unspecified atom stereocenters. The van der Waals surface area contributed by atoms with Crippen molar-refractivity contribution in [2.75, 3.05) is 39.3 Å². The zero-order chi connectivity index (χ0) is 19.2. The molecule has 6 nitrogen and oxygen atoms in total. The average Bonchev–Trinajstić information content (AvgIpc) is 2.61. The van der Waals surface area contributed by atoms with E-state index in [-0.39, 0.29) is 12.5 Å². The molecule has 1 amide bonds. The summed E-state index contributed by atoms with van der Waals surface area (Å²) in [6, 6.07) is 5.33. The highest BCUT2D eigenvalue weighted by Gasteiger charge is 2.29. The molecule has 1 aliphatic heterocycles. The zero-order valence-electron chi connectivity index (χ0n) is 16.1. The number of carbonyl (C=O) groups excluding carboxylic acids is 1. The van der Waals surface area contributed by atoms with Gasteiger partial charge in [-0.15, -0.1) is 0 Å². The van der Waals surface area contributed by atoms with Crippen LogP contribution in [0.15, 0.2) is 23.1 Å². The number of unbranched alkanes of at least 4 members (excludes halogenated alkanes) is 2. The standard InChI is InChI=1S/C19H31N3O3S/c1-4-5-6-11-22(15-19(23)21-12-9-20-10-13-21)26(24,25)18-8-7-16(2)14-17(18)3/h7-8,14,20H,4-6,9-13,15H2,1-3H3. The Bertz CT molecular complexity index is 713. The molecule has 0 aliphatic carbocycles. The molecular weight excluding hydrogens is 350 g/mol. The maximum Gasteiger partial charge on any atom is 0.243 e. The van der Waals surface area contributed by atoms with Crippen LogP contribution in [0.3, 0.4) is 0 Å². The lowest BCUT2D eigenvalue weighted by atomic mass is 10.2. The summed E-state index contributed by atoms with van der Waals surface area (Å²) in [7, 11) is -3.69. The van der Waals surface area contributed by atoms with Gasteiger partial charge in [0.25, 0.3) is 0 Å². The van der Waals surface area contributed by atoms with Crippen LogP contribution in [0.5, 0.6) is 0 Å². The number of rotatable bonds is 8. The normalized spacial score (nSPS) is 15.5. The SMILES string of the molecule is CCCCCN(CC(=O)N1CCNCC1)S(=O)(=O)c1ccc(C)cc1C. The second-order valence-corrected chi connectivity index (χ2v) is 8.85. The maximum absolute atomic E-state index is 13.2. The van der Waals surface area contributed by atoms with Gasteiger partial charge in [-0.1, -0.05) is 37.5 Å². The summed E-state index contributed by atoms with van der Waals surface area (Å²) in [6.45, 7) is 8.89. The average molecular weight is 382 g/mol. The molecule has 1 fully saturated rings. The van der Waals surface area contributed by atoms with Crippen molar-refractivity contribution < 1.29 is 13.2 Å². The second-order valence-electron chi connectivity index (χ2n) is 6.95. The predicted octanol–water partition coefficient (Wildman–Crippen LogP) is 1.92. The largest absolute Gasteiger partial charge is 0.339 e. The molecule has 0 atom stereocenters. The number of amides is 1. The van der Waals surface area contributed by atoms with Gasteiger partial charge < -0.3 is 10.2 Å². The molecule has 1 N–H and O–H groups in total. The molecule has 1 saturated heterocycles. The lowest BCUT2D eigenvalue weighted by Gasteiger charge is -2.30. The number of benzene rings is 1. The van der Waals surface area contributed by atoms with E-state index < -0.39 is 10.0 Å². The Balaban J connectivity index is 2.22. The molecule has 7 heteroatoms. The number of hydrogen-bond acceptors (Lipinski definition) is 4. The Morgan fingerprint density at radius 2 is 1.88 bits per heavy atom. The summed E-state index contributed by atoms with van der Waals surface area (Å²) in [5.41, 5.74) is 1.75. The van der Waals surface area contributed by atoms with Crippen LogP contribution in [0.4, 0.5) is 0 Å². The van der Waals surface area contributed by atoms with E-state index in [2.05, 4.69) is 12.2 Å². The highest BCUT2D eigenvalue weighted by Crippen LogP contribution is 2.22. The first kappa shape index (κ1) is 20.9. The third kappa shape index (κ3) is 5.28. The molecule has 1 aliphatic rings. The third-order valence-electron chi connectivity index (χ3n) is 4.74. The van der Waals surface area contributed by atoms with Crippen molar-refractivity contribution in [3.63, 3.8) is 0 Å². The fourth-order valence-corrected chi connectivity index (χ4v) is 4.85. The fraction of sp³-hybridized carbons (Fsp3) is 0.632. The van der Waals surface area contributed by atoms with Gasteiger partial charge in [-0.2, -0.15) is 4.31 Å². The van der Waals surface area contributed by atoms with Gasteiger partial charge in [-0.25, -0.2) is 8.42 Å². The van der Waals surface area contributed by atoms with E-state index in [0.29, 0.717) is 24.5 Å². The molecule has 0 spiro atoms. The molecule has 2 rings (SSSR count). The van der Waals surface area contributed by atoms with Crippen molar-refractivity contribution in [1.82, 2.24) is 14.5 Å². The van der Waals surface area contributed by atoms with E-state index in [0.717, 1.165) is 43.5 Å². The van der Waals surface area contributed by atoms with Crippen molar-refractivity contribution in [2.24, 2.45) is 0 Å². The summed E-state index contributed by atoms with van der Waals surface area (Å²) < 4.78 is 27.8. The van der Waals surface area contributed by atoms with Crippen molar-refractivity contribution in [3.8, 4) is 0 Å². The molecule has 1 heterocycles. The molecule has 1 aromatic carbocycles. The quantitative estimate of drug-likeness (QED) is 0.699. The zero-order valence-corrected chi connectivity index (χ0v) is 16.9. The van der Waals surface area contributed by atoms with E-state index in [1.54, 1.807) is 11.0 Å². The topological polar surface area (TPSA) is 69.7 Å². The van der Waals surface area contributed by atoms with Crippen LogP contribution in [-0.4, -0.2) is 62.8 Å². The Morgan fingerprint density at radius 1 is 1.19 bits per heavy atom. The van der Waals surface area contributed by atoms with E-state index in [1.165, 1.54) is 4.31 Å². The first-order chi connectivity index (χ1) is 12.4.